The van der Waals surface area contributed by atoms with Gasteiger partial charge in [0.2, 0.25) is 0 Å². The van der Waals surface area contributed by atoms with Gasteiger partial charge in [-0.3, -0.25) is 0 Å². The zero-order valence-corrected chi connectivity index (χ0v) is 22.7. The monoisotopic (exact) mass is 518 g/mol. The number of esters is 1. The molecule has 0 fully saturated rings. The van der Waals surface area contributed by atoms with Crippen molar-refractivity contribution in [2.75, 3.05) is 13.2 Å². The van der Waals surface area contributed by atoms with E-state index in [-0.39, 0.29) is 11.2 Å². The van der Waals surface area contributed by atoms with Crippen molar-refractivity contribution in [3.8, 4) is 5.75 Å². The van der Waals surface area contributed by atoms with Gasteiger partial charge in [0.05, 0.1) is 17.7 Å². The van der Waals surface area contributed by atoms with Crippen LogP contribution in [-0.2, 0) is 14.9 Å². The number of hydrogen-bond donors (Lipinski definition) is 0. The lowest BCUT2D eigenvalue weighted by molar-refractivity contribution is -0.137. The molecule has 0 radical (unpaired) electrons. The molecule has 0 amide bonds. The highest BCUT2D eigenvalue weighted by Gasteiger charge is 2.34. The predicted octanol–water partition coefficient (Wildman–Crippen LogP) is 8.33. The average molecular weight is 519 g/mol. The number of fused-ring (bicyclic) bond motifs is 1. The largest absolute Gasteiger partial charge is 0.492 e. The molecule has 0 unspecified atom stereocenters. The molecule has 1 aromatic carbocycles. The topological polar surface area (TPSA) is 35.5 Å². The molecule has 0 atom stereocenters. The number of ether oxygens (including phenoxy) is 2. The molecule has 0 bridgehead atoms. The van der Waals surface area contributed by atoms with Crippen LogP contribution in [0, 0.1) is 5.92 Å². The minimum Gasteiger partial charge on any atom is -0.492 e. The van der Waals surface area contributed by atoms with E-state index in [1.807, 2.05) is 6.92 Å². The van der Waals surface area contributed by atoms with Crippen molar-refractivity contribution < 1.29 is 18.7 Å². The number of allylic oxidation sites excluding steroid dienone is 7. The summed E-state index contributed by atoms with van der Waals surface area (Å²) in [7, 11) is 0. The first-order valence-corrected chi connectivity index (χ1v) is 12.3. The third-order valence-electron chi connectivity index (χ3n) is 5.84. The van der Waals surface area contributed by atoms with Gasteiger partial charge >= 0.3 is 5.97 Å². The van der Waals surface area contributed by atoms with Crippen LogP contribution in [0.2, 0.25) is 0 Å². The second kappa shape index (κ2) is 11.3. The van der Waals surface area contributed by atoms with Crippen LogP contribution in [-0.4, -0.2) is 19.2 Å². The summed E-state index contributed by atoms with van der Waals surface area (Å²) in [6, 6.07) is 2.07. The lowest BCUT2D eigenvalue weighted by atomic mass is 9.70. The smallest absolute Gasteiger partial charge is 0.330 e. The fourth-order valence-corrected chi connectivity index (χ4v) is 5.16. The molecule has 3 nitrogen and oxygen atoms in total. The lowest BCUT2D eigenvalue weighted by Crippen LogP contribution is -2.24. The Morgan fingerprint density at radius 1 is 1.21 bits per heavy atom. The Balaban J connectivity index is 2.65. The Labute approximate surface area is 206 Å². The third kappa shape index (κ3) is 6.26. The van der Waals surface area contributed by atoms with Crippen LogP contribution < -0.4 is 4.74 Å². The van der Waals surface area contributed by atoms with Gasteiger partial charge in [-0.05, 0) is 101 Å². The molecule has 1 aliphatic rings. The fraction of sp³-hybridized carbons (Fsp3) is 0.464. The summed E-state index contributed by atoms with van der Waals surface area (Å²) in [5.41, 5.74) is 5.36. The first-order chi connectivity index (χ1) is 15.4. The van der Waals surface area contributed by atoms with E-state index in [2.05, 4.69) is 55.8 Å². The van der Waals surface area contributed by atoms with Crippen molar-refractivity contribution in [2.45, 2.75) is 67.2 Å². The van der Waals surface area contributed by atoms with E-state index >= 15 is 4.39 Å². The van der Waals surface area contributed by atoms with Crippen molar-refractivity contribution in [2.24, 2.45) is 5.92 Å². The molecule has 1 aliphatic carbocycles. The third-order valence-corrected chi connectivity index (χ3v) is 6.60. The zero-order valence-electron chi connectivity index (χ0n) is 21.1. The Morgan fingerprint density at radius 2 is 1.88 bits per heavy atom. The zero-order chi connectivity index (χ0) is 24.9. The van der Waals surface area contributed by atoms with Crippen LogP contribution in [0.3, 0.4) is 0 Å². The molecule has 33 heavy (non-hydrogen) atoms. The molecule has 0 spiro atoms. The molecule has 0 heterocycles. The maximum Gasteiger partial charge on any atom is 0.330 e. The standard InChI is InChI=1S/C28H36BrFO3/c1-9-32-24(31)15-18(5)11-12-23(30)19(6)21-16-22-20(17(3)4)13-14-28(7,8)25(22)26(29)27(21)33-10-2/h11-13,15-17H,9-10,14H2,1-8H3/b12-11+,18-15+,23-19+. The minimum atomic E-state index is -0.436. The minimum absolute atomic E-state index is 0.0675. The van der Waals surface area contributed by atoms with Gasteiger partial charge in [-0.25, -0.2) is 9.18 Å². The molecule has 180 valence electrons. The Hall–Kier alpha value is -2.14. The van der Waals surface area contributed by atoms with E-state index in [1.165, 1.54) is 23.3 Å². The number of benzene rings is 1. The second-order valence-electron chi connectivity index (χ2n) is 9.27. The Morgan fingerprint density at radius 3 is 2.45 bits per heavy atom. The van der Waals surface area contributed by atoms with Crippen molar-refractivity contribution in [1.29, 1.82) is 0 Å². The molecule has 0 aliphatic heterocycles. The fourth-order valence-electron chi connectivity index (χ4n) is 4.09. The molecule has 0 saturated heterocycles. The summed E-state index contributed by atoms with van der Waals surface area (Å²) < 4.78 is 27.1. The molecular formula is C28H36BrFO3. The summed E-state index contributed by atoms with van der Waals surface area (Å²) >= 11 is 3.82. The van der Waals surface area contributed by atoms with Gasteiger partial charge in [0.15, 0.2) is 0 Å². The van der Waals surface area contributed by atoms with E-state index in [1.54, 1.807) is 26.8 Å². The summed E-state index contributed by atoms with van der Waals surface area (Å²) in [4.78, 5) is 11.6. The quantitative estimate of drug-likeness (QED) is 0.197. The van der Waals surface area contributed by atoms with Crippen LogP contribution in [0.5, 0.6) is 5.75 Å². The Bertz CT molecular complexity index is 1030. The Kier molecular flexibility index (Phi) is 9.30. The van der Waals surface area contributed by atoms with E-state index in [0.29, 0.717) is 36.0 Å². The number of rotatable bonds is 8. The summed E-state index contributed by atoms with van der Waals surface area (Å²) in [5, 5.41) is 0. The molecule has 2 rings (SSSR count). The van der Waals surface area contributed by atoms with Gasteiger partial charge in [-0.15, -0.1) is 0 Å². The van der Waals surface area contributed by atoms with Crippen molar-refractivity contribution in [1.82, 2.24) is 0 Å². The van der Waals surface area contributed by atoms with Gasteiger partial charge in [0, 0.05) is 11.6 Å². The average Bonchev–Trinajstić information content (AvgIpc) is 2.72. The highest BCUT2D eigenvalue weighted by molar-refractivity contribution is 9.10. The normalized spacial score (nSPS) is 16.5. The first kappa shape index (κ1) is 27.1. The number of halogens is 2. The van der Waals surface area contributed by atoms with Crippen molar-refractivity contribution in [3.05, 3.63) is 62.9 Å². The SMILES string of the molecule is CCOC(=O)/C=C(C)/C=C/C(F)=C(/C)c1cc2c(c(Br)c1OCC)C(C)(C)CC=C2C(C)C. The van der Waals surface area contributed by atoms with Crippen LogP contribution in [0.1, 0.15) is 78.5 Å². The molecule has 1 aromatic rings. The van der Waals surface area contributed by atoms with Gasteiger partial charge < -0.3 is 9.47 Å². The van der Waals surface area contributed by atoms with E-state index in [0.717, 1.165) is 22.0 Å². The van der Waals surface area contributed by atoms with Crippen molar-refractivity contribution >= 4 is 33.0 Å². The molecule has 0 saturated carbocycles. The van der Waals surface area contributed by atoms with Gasteiger partial charge in [-0.1, -0.05) is 39.8 Å². The number of hydrogen-bond acceptors (Lipinski definition) is 3. The van der Waals surface area contributed by atoms with E-state index in [4.69, 9.17) is 9.47 Å². The maximum absolute atomic E-state index is 15.3. The van der Waals surface area contributed by atoms with Crippen LogP contribution in [0.4, 0.5) is 4.39 Å². The van der Waals surface area contributed by atoms with Gasteiger partial charge in [0.1, 0.15) is 11.6 Å². The number of carbonyl (C=O) groups excluding carboxylic acids is 1. The predicted molar refractivity (Wildman–Crippen MR) is 139 cm³/mol. The lowest BCUT2D eigenvalue weighted by Gasteiger charge is -2.36. The molecular weight excluding hydrogens is 483 g/mol. The van der Waals surface area contributed by atoms with Gasteiger partial charge in [0.25, 0.3) is 0 Å². The highest BCUT2D eigenvalue weighted by Crippen LogP contribution is 2.50. The maximum atomic E-state index is 15.3. The number of carbonyl (C=O) groups is 1. The molecule has 5 heteroatoms. The summed E-state index contributed by atoms with van der Waals surface area (Å²) in [5.74, 6) is 0.189. The second-order valence-corrected chi connectivity index (χ2v) is 10.1. The molecule has 0 aromatic heterocycles. The van der Waals surface area contributed by atoms with Crippen LogP contribution in [0.15, 0.2) is 46.2 Å². The van der Waals surface area contributed by atoms with Crippen LogP contribution in [0.25, 0.3) is 11.1 Å². The van der Waals surface area contributed by atoms with E-state index in [9.17, 15) is 4.79 Å². The molecule has 0 N–H and O–H groups in total. The van der Waals surface area contributed by atoms with Crippen molar-refractivity contribution in [3.63, 3.8) is 0 Å². The van der Waals surface area contributed by atoms with Crippen LogP contribution >= 0.6 is 15.9 Å². The summed E-state index contributed by atoms with van der Waals surface area (Å²) in [6.45, 7) is 16.8. The summed E-state index contributed by atoms with van der Waals surface area (Å²) in [6.07, 6.45) is 7.56. The highest BCUT2D eigenvalue weighted by atomic mass is 79.9. The van der Waals surface area contributed by atoms with E-state index < -0.39 is 5.97 Å². The first-order valence-electron chi connectivity index (χ1n) is 11.5. The van der Waals surface area contributed by atoms with Gasteiger partial charge in [-0.2, -0.15) is 0 Å².